The third-order valence-electron chi connectivity index (χ3n) is 5.15. The number of hydrogen-bond donors (Lipinski definition) is 1. The minimum atomic E-state index is -0.608. The molecule has 3 atom stereocenters. The molecule has 2 nitrogen and oxygen atoms in total. The van der Waals surface area contributed by atoms with Crippen LogP contribution >= 0.6 is 11.8 Å². The first-order valence-electron chi connectivity index (χ1n) is 8.18. The Hall–Kier alpha value is -0.960. The van der Waals surface area contributed by atoms with Crippen LogP contribution in [0.3, 0.4) is 0 Å². The summed E-state index contributed by atoms with van der Waals surface area (Å²) in [5.74, 6) is -0.0817. The number of aliphatic carboxylic acids is 1. The summed E-state index contributed by atoms with van der Waals surface area (Å²) in [5.41, 5.74) is 2.97. The zero-order valence-corrected chi connectivity index (χ0v) is 13.5. The fourth-order valence-corrected chi connectivity index (χ4v) is 5.28. The zero-order chi connectivity index (χ0) is 14.8. The third kappa shape index (κ3) is 3.28. The molecule has 0 radical (unpaired) electrons. The summed E-state index contributed by atoms with van der Waals surface area (Å²) in [7, 11) is 0. The van der Waals surface area contributed by atoms with Gasteiger partial charge in [-0.05, 0) is 67.7 Å². The van der Waals surface area contributed by atoms with E-state index in [0.29, 0.717) is 5.92 Å². The molecular formula is C18H24O2S. The molecule has 1 aromatic rings. The fourth-order valence-electron chi connectivity index (χ4n) is 3.79. The highest BCUT2D eigenvalue weighted by Gasteiger charge is 2.35. The third-order valence-corrected chi connectivity index (χ3v) is 6.50. The summed E-state index contributed by atoms with van der Waals surface area (Å²) in [5, 5.41) is 9.72. The topological polar surface area (TPSA) is 37.3 Å². The molecular weight excluding hydrogens is 280 g/mol. The largest absolute Gasteiger partial charge is 0.481 e. The van der Waals surface area contributed by atoms with Crippen molar-refractivity contribution < 1.29 is 9.90 Å². The molecule has 0 aliphatic heterocycles. The minimum absolute atomic E-state index is 0.175. The predicted molar refractivity (Wildman–Crippen MR) is 86.9 cm³/mol. The molecule has 3 unspecified atom stereocenters. The smallest absolute Gasteiger partial charge is 0.307 e. The summed E-state index contributed by atoms with van der Waals surface area (Å²) in [6.07, 6.45) is 7.81. The zero-order valence-electron chi connectivity index (χ0n) is 12.7. The molecule has 2 aliphatic carbocycles. The number of fused-ring (bicyclic) bond motifs is 1. The molecule has 0 heterocycles. The van der Waals surface area contributed by atoms with Crippen molar-refractivity contribution in [1.82, 2.24) is 0 Å². The normalized spacial score (nSPS) is 28.3. The van der Waals surface area contributed by atoms with Crippen LogP contribution in [0, 0.1) is 11.8 Å². The lowest BCUT2D eigenvalue weighted by molar-refractivity contribution is -0.142. The Kier molecular flexibility index (Phi) is 4.58. The van der Waals surface area contributed by atoms with Crippen molar-refractivity contribution in [1.29, 1.82) is 0 Å². The summed E-state index contributed by atoms with van der Waals surface area (Å²) in [6, 6.07) is 6.76. The second kappa shape index (κ2) is 6.43. The second-order valence-electron chi connectivity index (χ2n) is 6.47. The van der Waals surface area contributed by atoms with Gasteiger partial charge < -0.3 is 5.11 Å². The number of aryl methyl sites for hydroxylation is 2. The maximum atomic E-state index is 11.5. The van der Waals surface area contributed by atoms with Crippen LogP contribution in [-0.2, 0) is 17.6 Å². The van der Waals surface area contributed by atoms with Gasteiger partial charge in [0.1, 0.15) is 0 Å². The Morgan fingerprint density at radius 2 is 2.10 bits per heavy atom. The molecule has 1 saturated carbocycles. The lowest BCUT2D eigenvalue weighted by atomic mass is 9.80. The molecule has 1 aromatic carbocycles. The molecule has 0 bridgehead atoms. The van der Waals surface area contributed by atoms with Gasteiger partial charge in [0.15, 0.2) is 0 Å². The average molecular weight is 304 g/mol. The minimum Gasteiger partial charge on any atom is -0.481 e. The number of carbonyl (C=O) groups is 1. The Labute approximate surface area is 131 Å². The Morgan fingerprint density at radius 3 is 2.86 bits per heavy atom. The van der Waals surface area contributed by atoms with Crippen molar-refractivity contribution in [2.24, 2.45) is 11.8 Å². The summed E-state index contributed by atoms with van der Waals surface area (Å²) >= 11 is 1.81. The summed E-state index contributed by atoms with van der Waals surface area (Å²) in [4.78, 5) is 12.8. The highest BCUT2D eigenvalue weighted by Crippen LogP contribution is 2.41. The van der Waals surface area contributed by atoms with E-state index in [4.69, 9.17) is 0 Å². The lowest BCUT2D eigenvalue weighted by Gasteiger charge is -2.33. The molecule has 1 N–H and O–H groups in total. The number of carboxylic acid groups (broad SMARTS) is 1. The standard InChI is InChI=1S/C18H24O2S/c1-2-12-6-9-16(18(19)20)17(10-12)21-15-8-7-13-4-3-5-14(13)11-15/h7-8,11-12,16-17H,2-6,9-10H2,1H3,(H,19,20). The van der Waals surface area contributed by atoms with Crippen LogP contribution in [0.4, 0.5) is 0 Å². The van der Waals surface area contributed by atoms with Crippen molar-refractivity contribution >= 4 is 17.7 Å². The van der Waals surface area contributed by atoms with Gasteiger partial charge in [-0.25, -0.2) is 0 Å². The highest BCUT2D eigenvalue weighted by molar-refractivity contribution is 8.00. The van der Waals surface area contributed by atoms with Crippen molar-refractivity contribution in [3.05, 3.63) is 29.3 Å². The first kappa shape index (κ1) is 15.0. The van der Waals surface area contributed by atoms with Crippen LogP contribution in [0.15, 0.2) is 23.1 Å². The second-order valence-corrected chi connectivity index (χ2v) is 7.79. The van der Waals surface area contributed by atoms with Gasteiger partial charge in [0.05, 0.1) is 5.92 Å². The summed E-state index contributed by atoms with van der Waals surface area (Å²) < 4.78 is 0. The molecule has 114 valence electrons. The van der Waals surface area contributed by atoms with Gasteiger partial charge in [-0.15, -0.1) is 11.8 Å². The monoisotopic (exact) mass is 304 g/mol. The molecule has 0 saturated heterocycles. The van der Waals surface area contributed by atoms with Crippen molar-refractivity contribution in [2.75, 3.05) is 0 Å². The number of carboxylic acids is 1. The Bertz CT molecular complexity index is 526. The maximum Gasteiger partial charge on any atom is 0.307 e. The van der Waals surface area contributed by atoms with Crippen LogP contribution in [-0.4, -0.2) is 16.3 Å². The van der Waals surface area contributed by atoms with Gasteiger partial charge in [0, 0.05) is 10.1 Å². The van der Waals surface area contributed by atoms with Crippen LogP contribution < -0.4 is 0 Å². The number of hydrogen-bond acceptors (Lipinski definition) is 2. The van der Waals surface area contributed by atoms with Crippen LogP contribution in [0.5, 0.6) is 0 Å². The predicted octanol–water partition coefficient (Wildman–Crippen LogP) is 4.55. The Balaban J connectivity index is 1.75. The van der Waals surface area contributed by atoms with Crippen molar-refractivity contribution in [3.8, 4) is 0 Å². The van der Waals surface area contributed by atoms with E-state index in [2.05, 4.69) is 25.1 Å². The van der Waals surface area contributed by atoms with Gasteiger partial charge >= 0.3 is 5.97 Å². The van der Waals surface area contributed by atoms with E-state index in [1.54, 1.807) is 11.8 Å². The van der Waals surface area contributed by atoms with Crippen LogP contribution in [0.2, 0.25) is 0 Å². The molecule has 21 heavy (non-hydrogen) atoms. The van der Waals surface area contributed by atoms with Crippen molar-refractivity contribution in [2.45, 2.75) is 62.0 Å². The number of benzene rings is 1. The van der Waals surface area contributed by atoms with Crippen LogP contribution in [0.1, 0.15) is 50.2 Å². The molecule has 2 aliphatic rings. The van der Waals surface area contributed by atoms with E-state index in [1.165, 1.54) is 41.7 Å². The van der Waals surface area contributed by atoms with Crippen molar-refractivity contribution in [3.63, 3.8) is 0 Å². The fraction of sp³-hybridized carbons (Fsp3) is 0.611. The van der Waals surface area contributed by atoms with Gasteiger partial charge in [-0.2, -0.15) is 0 Å². The van der Waals surface area contributed by atoms with E-state index < -0.39 is 5.97 Å². The van der Waals surface area contributed by atoms with Gasteiger partial charge in [-0.3, -0.25) is 4.79 Å². The summed E-state index contributed by atoms with van der Waals surface area (Å²) in [6.45, 7) is 2.23. The Morgan fingerprint density at radius 1 is 1.29 bits per heavy atom. The average Bonchev–Trinajstić information content (AvgIpc) is 2.94. The van der Waals surface area contributed by atoms with E-state index in [0.717, 1.165) is 19.3 Å². The highest BCUT2D eigenvalue weighted by atomic mass is 32.2. The SMILES string of the molecule is CCC1CCC(C(=O)O)C(Sc2ccc3c(c2)CCC3)C1. The van der Waals surface area contributed by atoms with E-state index in [1.807, 2.05) is 0 Å². The molecule has 3 heteroatoms. The lowest BCUT2D eigenvalue weighted by Crippen LogP contribution is -2.32. The number of thioether (sulfide) groups is 1. The van der Waals surface area contributed by atoms with E-state index in [9.17, 15) is 9.90 Å². The molecule has 0 spiro atoms. The van der Waals surface area contributed by atoms with Gasteiger partial charge in [0.25, 0.3) is 0 Å². The van der Waals surface area contributed by atoms with E-state index in [-0.39, 0.29) is 11.2 Å². The van der Waals surface area contributed by atoms with Crippen LogP contribution in [0.25, 0.3) is 0 Å². The maximum absolute atomic E-state index is 11.5. The first-order valence-corrected chi connectivity index (χ1v) is 9.06. The molecule has 0 aromatic heterocycles. The van der Waals surface area contributed by atoms with Gasteiger partial charge in [0.2, 0.25) is 0 Å². The molecule has 0 amide bonds. The first-order chi connectivity index (χ1) is 10.2. The molecule has 3 rings (SSSR count). The quantitative estimate of drug-likeness (QED) is 0.887. The molecule has 1 fully saturated rings. The number of rotatable bonds is 4. The van der Waals surface area contributed by atoms with E-state index >= 15 is 0 Å². The van der Waals surface area contributed by atoms with Gasteiger partial charge in [-0.1, -0.05) is 19.4 Å².